The fourth-order valence-corrected chi connectivity index (χ4v) is 4.99. The monoisotopic (exact) mass is 541 g/mol. The van der Waals surface area contributed by atoms with Crippen molar-refractivity contribution in [3.63, 3.8) is 0 Å². The van der Waals surface area contributed by atoms with Crippen molar-refractivity contribution in [1.29, 1.82) is 5.26 Å². The van der Waals surface area contributed by atoms with Crippen LogP contribution in [-0.4, -0.2) is 33.1 Å². The Bertz CT molecular complexity index is 1500. The van der Waals surface area contributed by atoms with Crippen molar-refractivity contribution in [3.8, 4) is 11.2 Å². The van der Waals surface area contributed by atoms with E-state index in [1.807, 2.05) is 42.5 Å². The second kappa shape index (κ2) is 11.9. The standard InChI is InChI=1S/C24H20FN5O3S3/c25-36(31,32)21-8-5-19(6-9-21)33-14-13-27-18-3-1-17(2-4-18)11-12-28-30-24-29-22-10-7-20(34-16-26)15-23(22)35-24/h1-10,15,27H,11-14H2. The summed E-state index contributed by atoms with van der Waals surface area (Å²) in [6.07, 6.45) is 0.741. The van der Waals surface area contributed by atoms with Gasteiger partial charge in [0.2, 0.25) is 5.13 Å². The lowest BCUT2D eigenvalue weighted by Crippen LogP contribution is -2.11. The Hall–Kier alpha value is -3.53. The number of azo groups is 1. The predicted molar refractivity (Wildman–Crippen MR) is 139 cm³/mol. The van der Waals surface area contributed by atoms with Crippen molar-refractivity contribution in [2.24, 2.45) is 10.2 Å². The molecule has 1 aromatic heterocycles. The fourth-order valence-electron chi connectivity index (χ4n) is 3.19. The number of fused-ring (bicyclic) bond motifs is 1. The fraction of sp³-hybridized carbons (Fsp3) is 0.167. The molecule has 1 N–H and O–H groups in total. The highest BCUT2D eigenvalue weighted by atomic mass is 32.3. The summed E-state index contributed by atoms with van der Waals surface area (Å²) >= 11 is 2.56. The van der Waals surface area contributed by atoms with Crippen LogP contribution in [0.25, 0.3) is 10.2 Å². The van der Waals surface area contributed by atoms with Gasteiger partial charge in [0.05, 0.1) is 21.7 Å². The molecule has 12 heteroatoms. The molecular formula is C24H20FN5O3S3. The molecule has 0 atom stereocenters. The van der Waals surface area contributed by atoms with Crippen LogP contribution in [0.5, 0.6) is 5.75 Å². The maximum absolute atomic E-state index is 12.9. The van der Waals surface area contributed by atoms with E-state index in [0.717, 1.165) is 44.5 Å². The molecular weight excluding hydrogens is 521 g/mol. The second-order valence-electron chi connectivity index (χ2n) is 7.42. The number of thiazole rings is 1. The zero-order valence-electron chi connectivity index (χ0n) is 18.8. The maximum atomic E-state index is 12.9. The Kier molecular flexibility index (Phi) is 8.48. The topological polar surface area (TPSA) is 117 Å². The van der Waals surface area contributed by atoms with Crippen LogP contribution in [0.15, 0.2) is 86.7 Å². The summed E-state index contributed by atoms with van der Waals surface area (Å²) in [4.78, 5) is 4.94. The summed E-state index contributed by atoms with van der Waals surface area (Å²) in [6.45, 7) is 1.43. The number of ether oxygens (including phenoxy) is 1. The minimum Gasteiger partial charge on any atom is -0.492 e. The lowest BCUT2D eigenvalue weighted by atomic mass is 10.1. The summed E-state index contributed by atoms with van der Waals surface area (Å²) in [5.74, 6) is 0.460. The van der Waals surface area contributed by atoms with Crippen LogP contribution in [0.1, 0.15) is 5.56 Å². The van der Waals surface area contributed by atoms with Gasteiger partial charge in [-0.05, 0) is 78.3 Å². The second-order valence-corrected chi connectivity index (χ2v) is 10.6. The smallest absolute Gasteiger partial charge is 0.332 e. The Morgan fingerprint density at radius 2 is 1.89 bits per heavy atom. The number of hydrogen-bond donors (Lipinski definition) is 1. The maximum Gasteiger partial charge on any atom is 0.332 e. The largest absolute Gasteiger partial charge is 0.492 e. The van der Waals surface area contributed by atoms with Gasteiger partial charge in [0.25, 0.3) is 0 Å². The number of halogens is 1. The summed E-state index contributed by atoms with van der Waals surface area (Å²) in [6, 6.07) is 18.8. The number of nitrogens with zero attached hydrogens (tertiary/aromatic N) is 4. The summed E-state index contributed by atoms with van der Waals surface area (Å²) in [5.41, 5.74) is 2.90. The van der Waals surface area contributed by atoms with Gasteiger partial charge in [-0.3, -0.25) is 0 Å². The van der Waals surface area contributed by atoms with E-state index in [2.05, 4.69) is 25.9 Å². The summed E-state index contributed by atoms with van der Waals surface area (Å²) in [7, 11) is -4.70. The van der Waals surface area contributed by atoms with Crippen LogP contribution in [0.2, 0.25) is 0 Å². The number of anilines is 1. The first-order valence-electron chi connectivity index (χ1n) is 10.7. The average Bonchev–Trinajstić information content (AvgIpc) is 3.27. The van der Waals surface area contributed by atoms with Gasteiger partial charge in [0, 0.05) is 17.1 Å². The third kappa shape index (κ3) is 7.24. The van der Waals surface area contributed by atoms with Gasteiger partial charge in [-0.1, -0.05) is 23.5 Å². The summed E-state index contributed by atoms with van der Waals surface area (Å²) in [5, 5.41) is 23.2. The molecule has 4 rings (SSSR count). The summed E-state index contributed by atoms with van der Waals surface area (Å²) < 4.78 is 41.1. The van der Waals surface area contributed by atoms with Crippen molar-refractivity contribution < 1.29 is 17.0 Å². The third-order valence-corrected chi connectivity index (χ3v) is 7.25. The zero-order chi connectivity index (χ0) is 25.4. The first-order chi connectivity index (χ1) is 17.4. The number of nitrogens with one attached hydrogen (secondary N) is 1. The highest BCUT2D eigenvalue weighted by Gasteiger charge is 2.11. The number of rotatable bonds is 11. The molecule has 184 valence electrons. The number of nitriles is 1. The van der Waals surface area contributed by atoms with E-state index in [1.165, 1.54) is 35.6 Å². The molecule has 3 aromatic carbocycles. The van der Waals surface area contributed by atoms with Gasteiger partial charge in [0.1, 0.15) is 17.8 Å². The Morgan fingerprint density at radius 3 is 2.61 bits per heavy atom. The molecule has 0 saturated carbocycles. The SMILES string of the molecule is N#CSc1ccc2nc(N=NCCc3ccc(NCCOc4ccc(S(=O)(=O)F)cc4)cc3)sc2c1. The van der Waals surface area contributed by atoms with Gasteiger partial charge in [0.15, 0.2) is 0 Å². The molecule has 0 spiro atoms. The van der Waals surface area contributed by atoms with Crippen LogP contribution in [0.3, 0.4) is 0 Å². The van der Waals surface area contributed by atoms with E-state index in [4.69, 9.17) is 10.00 Å². The number of thiocyanates is 1. The van der Waals surface area contributed by atoms with Gasteiger partial charge < -0.3 is 10.1 Å². The lowest BCUT2D eigenvalue weighted by molar-refractivity contribution is 0.332. The minimum absolute atomic E-state index is 0.355. The van der Waals surface area contributed by atoms with E-state index in [0.29, 0.717) is 30.6 Å². The van der Waals surface area contributed by atoms with E-state index < -0.39 is 15.1 Å². The molecule has 0 amide bonds. The van der Waals surface area contributed by atoms with Crippen LogP contribution in [0, 0.1) is 10.7 Å². The molecule has 1 heterocycles. The lowest BCUT2D eigenvalue weighted by Gasteiger charge is -2.09. The normalized spacial score (nSPS) is 11.6. The Morgan fingerprint density at radius 1 is 1.11 bits per heavy atom. The van der Waals surface area contributed by atoms with Crippen LogP contribution in [-0.2, 0) is 16.6 Å². The van der Waals surface area contributed by atoms with Gasteiger partial charge >= 0.3 is 10.2 Å². The first-order valence-corrected chi connectivity index (χ1v) is 13.8. The quantitative estimate of drug-likeness (QED) is 0.0773. The highest BCUT2D eigenvalue weighted by Crippen LogP contribution is 2.31. The van der Waals surface area contributed by atoms with Crippen molar-refractivity contribution in [2.45, 2.75) is 16.2 Å². The molecule has 8 nitrogen and oxygen atoms in total. The van der Waals surface area contributed by atoms with Crippen molar-refractivity contribution in [3.05, 3.63) is 72.3 Å². The Balaban J connectivity index is 1.19. The van der Waals surface area contributed by atoms with E-state index >= 15 is 0 Å². The minimum atomic E-state index is -4.70. The molecule has 0 aliphatic rings. The van der Waals surface area contributed by atoms with Crippen molar-refractivity contribution in [1.82, 2.24) is 4.98 Å². The molecule has 4 aromatic rings. The third-order valence-electron chi connectivity index (χ3n) is 4.93. The van der Waals surface area contributed by atoms with Crippen LogP contribution in [0.4, 0.5) is 14.7 Å². The molecule has 0 bridgehead atoms. The number of aromatic nitrogens is 1. The number of thioether (sulfide) groups is 1. The molecule has 0 aliphatic carbocycles. The van der Waals surface area contributed by atoms with Crippen molar-refractivity contribution >= 4 is 54.4 Å². The number of benzene rings is 3. The first kappa shape index (κ1) is 25.6. The van der Waals surface area contributed by atoms with Crippen molar-refractivity contribution in [2.75, 3.05) is 25.0 Å². The molecule has 0 radical (unpaired) electrons. The van der Waals surface area contributed by atoms with Gasteiger partial charge in [-0.2, -0.15) is 18.8 Å². The Labute approximate surface area is 216 Å². The molecule has 0 fully saturated rings. The van der Waals surface area contributed by atoms with Crippen LogP contribution >= 0.6 is 23.1 Å². The van der Waals surface area contributed by atoms with E-state index in [9.17, 15) is 12.3 Å². The molecule has 0 saturated heterocycles. The zero-order valence-corrected chi connectivity index (χ0v) is 21.2. The van der Waals surface area contributed by atoms with E-state index in [-0.39, 0.29) is 0 Å². The molecule has 0 unspecified atom stereocenters. The molecule has 0 aliphatic heterocycles. The van der Waals surface area contributed by atoms with Crippen LogP contribution < -0.4 is 10.1 Å². The average molecular weight is 542 g/mol. The van der Waals surface area contributed by atoms with Gasteiger partial charge in [-0.25, -0.2) is 4.98 Å². The van der Waals surface area contributed by atoms with Gasteiger partial charge in [-0.15, -0.1) is 9.00 Å². The highest BCUT2D eigenvalue weighted by molar-refractivity contribution is 8.03. The van der Waals surface area contributed by atoms with E-state index in [1.54, 1.807) is 0 Å². The number of hydrogen-bond acceptors (Lipinski definition) is 10. The predicted octanol–water partition coefficient (Wildman–Crippen LogP) is 6.34. The molecule has 36 heavy (non-hydrogen) atoms.